The number of urea groups is 1. The third kappa shape index (κ3) is 7.04. The maximum atomic E-state index is 13.5. The van der Waals surface area contributed by atoms with E-state index in [2.05, 4.69) is 10.6 Å². The summed E-state index contributed by atoms with van der Waals surface area (Å²) < 4.78 is 11.9. The first-order valence-electron chi connectivity index (χ1n) is 13.2. The number of nitrogens with zero attached hydrogens (tertiary/aromatic N) is 2. The van der Waals surface area contributed by atoms with Gasteiger partial charge in [-0.05, 0) is 56.0 Å². The molecule has 0 bridgehead atoms. The Morgan fingerprint density at radius 2 is 1.74 bits per heavy atom. The normalized spacial score (nSPS) is 22.4. The quantitative estimate of drug-likeness (QED) is 0.604. The SMILES string of the molecule is CO[C@@H]1CN(C)C(=O)c2cc(NC(=O)Nc3ccccc3)ccc2OC[C@H](C)N(C(=O)CC2CC2)C[C@H]1C. The first kappa shape index (κ1) is 27.4. The van der Waals surface area contributed by atoms with Gasteiger partial charge in [0, 0.05) is 51.0 Å². The van der Waals surface area contributed by atoms with Gasteiger partial charge in [-0.1, -0.05) is 25.1 Å². The van der Waals surface area contributed by atoms with Gasteiger partial charge in [-0.3, -0.25) is 9.59 Å². The molecule has 0 unspecified atom stereocenters. The molecule has 1 saturated carbocycles. The van der Waals surface area contributed by atoms with Crippen LogP contribution in [0.2, 0.25) is 0 Å². The first-order chi connectivity index (χ1) is 18.2. The Morgan fingerprint density at radius 3 is 2.42 bits per heavy atom. The Bertz CT molecular complexity index is 1140. The number of rotatable bonds is 5. The highest BCUT2D eigenvalue weighted by atomic mass is 16.5. The molecule has 2 aromatic rings. The van der Waals surface area contributed by atoms with Crippen LogP contribution in [0, 0.1) is 11.8 Å². The van der Waals surface area contributed by atoms with Crippen LogP contribution in [0.25, 0.3) is 0 Å². The lowest BCUT2D eigenvalue weighted by atomic mass is 10.0. The monoisotopic (exact) mass is 522 g/mol. The van der Waals surface area contributed by atoms with Crippen LogP contribution in [0.4, 0.5) is 16.2 Å². The fourth-order valence-corrected chi connectivity index (χ4v) is 4.70. The Hall–Kier alpha value is -3.59. The van der Waals surface area contributed by atoms with Crippen LogP contribution < -0.4 is 15.4 Å². The second kappa shape index (κ2) is 12.3. The molecule has 2 N–H and O–H groups in total. The van der Waals surface area contributed by atoms with Gasteiger partial charge in [0.1, 0.15) is 12.4 Å². The van der Waals surface area contributed by atoms with E-state index in [1.54, 1.807) is 49.4 Å². The number of likely N-dealkylation sites (N-methyl/N-ethyl adjacent to an activating group) is 1. The van der Waals surface area contributed by atoms with Gasteiger partial charge in [-0.25, -0.2) is 4.79 Å². The van der Waals surface area contributed by atoms with E-state index in [1.807, 2.05) is 36.9 Å². The summed E-state index contributed by atoms with van der Waals surface area (Å²) >= 11 is 0. The standard InChI is InChI=1S/C29H38N4O5/c1-19-16-33(27(34)14-21-10-11-21)20(2)18-38-25-13-12-23(31-29(36)30-22-8-6-5-7-9-22)15-24(25)28(35)32(3)17-26(19)37-4/h5-9,12-13,15,19-21,26H,10-11,14,16-18H2,1-4H3,(H2,30,31,36)/t19-,20+,26-/m1/s1. The van der Waals surface area contributed by atoms with Crippen LogP contribution in [0.3, 0.4) is 0 Å². The molecule has 2 aliphatic rings. The van der Waals surface area contributed by atoms with Crippen molar-refractivity contribution in [2.24, 2.45) is 11.8 Å². The molecule has 3 atom stereocenters. The number of anilines is 2. The van der Waals surface area contributed by atoms with Gasteiger partial charge in [-0.15, -0.1) is 0 Å². The average Bonchev–Trinajstić information content (AvgIpc) is 3.72. The second-order valence-electron chi connectivity index (χ2n) is 10.4. The fraction of sp³-hybridized carbons (Fsp3) is 0.483. The molecular formula is C29H38N4O5. The summed E-state index contributed by atoms with van der Waals surface area (Å²) in [6.07, 6.45) is 2.53. The van der Waals surface area contributed by atoms with E-state index in [4.69, 9.17) is 9.47 Å². The van der Waals surface area contributed by atoms with E-state index >= 15 is 0 Å². The Labute approximate surface area is 224 Å². The van der Waals surface area contributed by atoms with Crippen molar-refractivity contribution >= 4 is 29.2 Å². The summed E-state index contributed by atoms with van der Waals surface area (Å²) in [5, 5.41) is 5.56. The number of nitrogens with one attached hydrogen (secondary N) is 2. The number of ether oxygens (including phenoxy) is 2. The molecule has 9 nitrogen and oxygen atoms in total. The summed E-state index contributed by atoms with van der Waals surface area (Å²) in [6, 6.07) is 13.5. The van der Waals surface area contributed by atoms with Crippen LogP contribution in [0.15, 0.2) is 48.5 Å². The minimum Gasteiger partial charge on any atom is -0.491 e. The summed E-state index contributed by atoms with van der Waals surface area (Å²) in [7, 11) is 3.35. The number of benzene rings is 2. The van der Waals surface area contributed by atoms with Crippen molar-refractivity contribution in [3.63, 3.8) is 0 Å². The van der Waals surface area contributed by atoms with Crippen molar-refractivity contribution in [3.05, 3.63) is 54.1 Å². The lowest BCUT2D eigenvalue weighted by Gasteiger charge is -2.36. The summed E-state index contributed by atoms with van der Waals surface area (Å²) in [4.78, 5) is 42.8. The first-order valence-corrected chi connectivity index (χ1v) is 13.2. The molecule has 4 rings (SSSR count). The van der Waals surface area contributed by atoms with Crippen molar-refractivity contribution in [2.75, 3.05) is 44.5 Å². The van der Waals surface area contributed by atoms with Crippen LogP contribution in [-0.4, -0.2) is 73.6 Å². The third-order valence-electron chi connectivity index (χ3n) is 7.21. The van der Waals surface area contributed by atoms with Crippen molar-refractivity contribution in [3.8, 4) is 5.75 Å². The molecule has 1 heterocycles. The smallest absolute Gasteiger partial charge is 0.323 e. The van der Waals surface area contributed by atoms with Gasteiger partial charge in [0.05, 0.1) is 17.7 Å². The van der Waals surface area contributed by atoms with E-state index < -0.39 is 6.03 Å². The number of para-hydroxylation sites is 1. The van der Waals surface area contributed by atoms with Crippen LogP contribution in [0.5, 0.6) is 5.75 Å². The molecule has 0 saturated heterocycles. The van der Waals surface area contributed by atoms with E-state index in [0.29, 0.717) is 48.1 Å². The van der Waals surface area contributed by atoms with E-state index in [-0.39, 0.29) is 36.5 Å². The van der Waals surface area contributed by atoms with Crippen molar-refractivity contribution in [2.45, 2.75) is 45.3 Å². The predicted molar refractivity (Wildman–Crippen MR) is 146 cm³/mol. The molecule has 0 spiro atoms. The number of amides is 4. The zero-order chi connectivity index (χ0) is 27.2. The van der Waals surface area contributed by atoms with Crippen LogP contribution in [0.1, 0.15) is 43.5 Å². The molecule has 204 valence electrons. The Kier molecular flexibility index (Phi) is 8.89. The maximum Gasteiger partial charge on any atom is 0.323 e. The van der Waals surface area contributed by atoms with Crippen molar-refractivity contribution in [1.29, 1.82) is 0 Å². The number of fused-ring (bicyclic) bond motifs is 1. The zero-order valence-corrected chi connectivity index (χ0v) is 22.6. The Morgan fingerprint density at radius 1 is 1.03 bits per heavy atom. The molecule has 1 fully saturated rings. The predicted octanol–water partition coefficient (Wildman–Crippen LogP) is 4.46. The van der Waals surface area contributed by atoms with E-state index in [1.165, 1.54) is 0 Å². The zero-order valence-electron chi connectivity index (χ0n) is 22.6. The van der Waals surface area contributed by atoms with Crippen LogP contribution >= 0.6 is 0 Å². The molecular weight excluding hydrogens is 484 g/mol. The van der Waals surface area contributed by atoms with Gasteiger partial charge < -0.3 is 29.9 Å². The fourth-order valence-electron chi connectivity index (χ4n) is 4.70. The maximum absolute atomic E-state index is 13.5. The number of carbonyl (C=O) groups is 3. The van der Waals surface area contributed by atoms with Gasteiger partial charge in [-0.2, -0.15) is 0 Å². The molecule has 1 aliphatic heterocycles. The van der Waals surface area contributed by atoms with Crippen molar-refractivity contribution in [1.82, 2.24) is 9.80 Å². The minimum absolute atomic E-state index is 0.00873. The van der Waals surface area contributed by atoms with Gasteiger partial charge >= 0.3 is 6.03 Å². The second-order valence-corrected chi connectivity index (χ2v) is 10.4. The number of methoxy groups -OCH3 is 1. The van der Waals surface area contributed by atoms with Gasteiger partial charge in [0.25, 0.3) is 5.91 Å². The molecule has 38 heavy (non-hydrogen) atoms. The van der Waals surface area contributed by atoms with Gasteiger partial charge in [0.2, 0.25) is 5.91 Å². The lowest BCUT2D eigenvalue weighted by molar-refractivity contribution is -0.135. The Balaban J connectivity index is 1.57. The van der Waals surface area contributed by atoms with Crippen LogP contribution in [-0.2, 0) is 9.53 Å². The lowest BCUT2D eigenvalue weighted by Crippen LogP contribution is -2.48. The summed E-state index contributed by atoms with van der Waals surface area (Å²) in [6.45, 7) is 5.14. The number of hydrogen-bond acceptors (Lipinski definition) is 5. The highest BCUT2D eigenvalue weighted by Gasteiger charge is 2.33. The molecule has 2 aromatic carbocycles. The van der Waals surface area contributed by atoms with Gasteiger partial charge in [0.15, 0.2) is 0 Å². The molecule has 9 heteroatoms. The molecule has 0 radical (unpaired) electrons. The highest BCUT2D eigenvalue weighted by Crippen LogP contribution is 2.33. The van der Waals surface area contributed by atoms with E-state index in [0.717, 1.165) is 12.8 Å². The molecule has 4 amide bonds. The molecule has 1 aliphatic carbocycles. The summed E-state index contributed by atoms with van der Waals surface area (Å²) in [5.41, 5.74) is 1.45. The minimum atomic E-state index is -0.419. The van der Waals surface area contributed by atoms with Crippen molar-refractivity contribution < 1.29 is 23.9 Å². The average molecular weight is 523 g/mol. The summed E-state index contributed by atoms with van der Waals surface area (Å²) in [5.74, 6) is 0.793. The number of carbonyl (C=O) groups excluding carboxylic acids is 3. The third-order valence-corrected chi connectivity index (χ3v) is 7.21. The number of hydrogen-bond donors (Lipinski definition) is 2. The van der Waals surface area contributed by atoms with E-state index in [9.17, 15) is 14.4 Å². The topological polar surface area (TPSA) is 100 Å². The highest BCUT2D eigenvalue weighted by molar-refractivity contribution is 6.02. The molecule has 0 aromatic heterocycles. The largest absolute Gasteiger partial charge is 0.491 e.